The van der Waals surface area contributed by atoms with Gasteiger partial charge in [-0.25, -0.2) is 0 Å². The molecule has 0 bridgehead atoms. The average Bonchev–Trinajstić information content (AvgIpc) is 2.87. The summed E-state index contributed by atoms with van der Waals surface area (Å²) in [5, 5.41) is 3.75. The van der Waals surface area contributed by atoms with Crippen molar-refractivity contribution >= 4 is 0 Å². The van der Waals surface area contributed by atoms with Crippen molar-refractivity contribution in [3.05, 3.63) is 0 Å². The van der Waals surface area contributed by atoms with Gasteiger partial charge < -0.3 is 5.32 Å². The van der Waals surface area contributed by atoms with Gasteiger partial charge in [-0.05, 0) is 43.9 Å². The van der Waals surface area contributed by atoms with Gasteiger partial charge in [0.25, 0.3) is 0 Å². The van der Waals surface area contributed by atoms with Gasteiger partial charge in [0.2, 0.25) is 0 Å². The Bertz CT molecular complexity index is 174. The lowest BCUT2D eigenvalue weighted by Crippen LogP contribution is -2.42. The summed E-state index contributed by atoms with van der Waals surface area (Å²) < 4.78 is 0. The molecule has 1 atom stereocenters. The molecule has 0 aromatic carbocycles. The minimum absolute atomic E-state index is 0.692. The standard InChI is InChI=1S/C13H25N/c1-3-13(7-4-8-13)10-14-11(2)9-12-5-6-12/h11-12,14H,3-10H2,1-2H3. The van der Waals surface area contributed by atoms with Crippen molar-refractivity contribution in [2.24, 2.45) is 11.3 Å². The normalized spacial score (nSPS) is 27.0. The van der Waals surface area contributed by atoms with Crippen LogP contribution < -0.4 is 5.32 Å². The average molecular weight is 195 g/mol. The van der Waals surface area contributed by atoms with Crippen LogP contribution in [0.25, 0.3) is 0 Å². The molecule has 2 aliphatic carbocycles. The summed E-state index contributed by atoms with van der Waals surface area (Å²) in [5.41, 5.74) is 0.692. The van der Waals surface area contributed by atoms with E-state index in [9.17, 15) is 0 Å². The highest BCUT2D eigenvalue weighted by Crippen LogP contribution is 2.43. The summed E-state index contributed by atoms with van der Waals surface area (Å²) in [6.07, 6.45) is 10.2. The largest absolute Gasteiger partial charge is 0.314 e. The van der Waals surface area contributed by atoms with Crippen LogP contribution in [0.4, 0.5) is 0 Å². The van der Waals surface area contributed by atoms with Gasteiger partial charge in [-0.3, -0.25) is 0 Å². The SMILES string of the molecule is CCC1(CNC(C)CC2CC2)CCC1. The van der Waals surface area contributed by atoms with E-state index in [0.29, 0.717) is 5.41 Å². The quantitative estimate of drug-likeness (QED) is 0.685. The van der Waals surface area contributed by atoms with E-state index in [-0.39, 0.29) is 0 Å². The molecule has 14 heavy (non-hydrogen) atoms. The molecule has 0 aromatic heterocycles. The maximum absolute atomic E-state index is 3.75. The molecule has 1 unspecified atom stereocenters. The van der Waals surface area contributed by atoms with Crippen LogP contribution in [0.2, 0.25) is 0 Å². The fourth-order valence-corrected chi connectivity index (χ4v) is 2.66. The number of nitrogens with one attached hydrogen (secondary N) is 1. The lowest BCUT2D eigenvalue weighted by atomic mass is 9.67. The van der Waals surface area contributed by atoms with Crippen LogP contribution in [0.1, 0.15) is 58.8 Å². The zero-order valence-electron chi connectivity index (χ0n) is 9.81. The first-order valence-corrected chi connectivity index (χ1v) is 6.47. The Morgan fingerprint density at radius 3 is 2.50 bits per heavy atom. The van der Waals surface area contributed by atoms with E-state index in [1.807, 2.05) is 0 Å². The van der Waals surface area contributed by atoms with Crippen molar-refractivity contribution in [3.63, 3.8) is 0 Å². The summed E-state index contributed by atoms with van der Waals surface area (Å²) in [4.78, 5) is 0. The van der Waals surface area contributed by atoms with E-state index in [2.05, 4.69) is 19.2 Å². The summed E-state index contributed by atoms with van der Waals surface area (Å²) in [5.74, 6) is 1.07. The molecule has 0 saturated heterocycles. The smallest absolute Gasteiger partial charge is 0.00415 e. The summed E-state index contributed by atoms with van der Waals surface area (Å²) >= 11 is 0. The molecule has 0 heterocycles. The second kappa shape index (κ2) is 4.22. The van der Waals surface area contributed by atoms with Gasteiger partial charge in [-0.15, -0.1) is 0 Å². The molecule has 0 amide bonds. The zero-order chi connectivity index (χ0) is 10.0. The molecule has 2 rings (SSSR count). The van der Waals surface area contributed by atoms with Crippen LogP contribution in [-0.2, 0) is 0 Å². The summed E-state index contributed by atoms with van der Waals surface area (Å²) in [6.45, 7) is 5.99. The maximum atomic E-state index is 3.75. The zero-order valence-corrected chi connectivity index (χ0v) is 9.81. The molecular formula is C13H25N. The minimum atomic E-state index is 0.692. The second-order valence-electron chi connectivity index (χ2n) is 5.67. The van der Waals surface area contributed by atoms with Crippen LogP contribution in [0, 0.1) is 11.3 Å². The summed E-state index contributed by atoms with van der Waals surface area (Å²) in [7, 11) is 0. The molecule has 0 aromatic rings. The molecule has 2 saturated carbocycles. The van der Waals surface area contributed by atoms with Crippen molar-refractivity contribution < 1.29 is 0 Å². The van der Waals surface area contributed by atoms with Crippen LogP contribution in [0.15, 0.2) is 0 Å². The molecular weight excluding hydrogens is 170 g/mol. The molecule has 1 nitrogen and oxygen atoms in total. The minimum Gasteiger partial charge on any atom is -0.314 e. The lowest BCUT2D eigenvalue weighted by molar-refractivity contribution is 0.119. The Hall–Kier alpha value is -0.0400. The Balaban J connectivity index is 1.64. The molecule has 0 spiro atoms. The lowest BCUT2D eigenvalue weighted by Gasteiger charge is -2.42. The van der Waals surface area contributed by atoms with E-state index in [0.717, 1.165) is 12.0 Å². The Morgan fingerprint density at radius 2 is 2.07 bits per heavy atom. The molecule has 1 heteroatoms. The fourth-order valence-electron chi connectivity index (χ4n) is 2.66. The Kier molecular flexibility index (Phi) is 3.16. The highest BCUT2D eigenvalue weighted by atomic mass is 14.9. The molecule has 2 aliphatic rings. The van der Waals surface area contributed by atoms with Crippen molar-refractivity contribution in [1.29, 1.82) is 0 Å². The van der Waals surface area contributed by atoms with Crippen molar-refractivity contribution in [2.75, 3.05) is 6.54 Å². The third-order valence-corrected chi connectivity index (χ3v) is 4.37. The topological polar surface area (TPSA) is 12.0 Å². The highest BCUT2D eigenvalue weighted by molar-refractivity contribution is 4.89. The van der Waals surface area contributed by atoms with E-state index >= 15 is 0 Å². The fraction of sp³-hybridized carbons (Fsp3) is 1.00. The number of rotatable bonds is 6. The highest BCUT2D eigenvalue weighted by Gasteiger charge is 2.35. The number of hydrogen-bond donors (Lipinski definition) is 1. The van der Waals surface area contributed by atoms with Crippen LogP contribution >= 0.6 is 0 Å². The molecule has 2 fully saturated rings. The van der Waals surface area contributed by atoms with Gasteiger partial charge in [-0.2, -0.15) is 0 Å². The van der Waals surface area contributed by atoms with Crippen LogP contribution in [0.3, 0.4) is 0 Å². The van der Waals surface area contributed by atoms with E-state index < -0.39 is 0 Å². The van der Waals surface area contributed by atoms with Gasteiger partial charge in [-0.1, -0.05) is 26.2 Å². The Labute approximate surface area is 88.7 Å². The maximum Gasteiger partial charge on any atom is 0.00415 e. The van der Waals surface area contributed by atoms with Crippen molar-refractivity contribution in [3.8, 4) is 0 Å². The summed E-state index contributed by atoms with van der Waals surface area (Å²) in [6, 6.07) is 0.756. The third kappa shape index (κ3) is 2.50. The monoisotopic (exact) mass is 195 g/mol. The Morgan fingerprint density at radius 1 is 1.36 bits per heavy atom. The molecule has 82 valence electrons. The van der Waals surface area contributed by atoms with Crippen molar-refractivity contribution in [1.82, 2.24) is 5.32 Å². The molecule has 0 aliphatic heterocycles. The predicted molar refractivity (Wildman–Crippen MR) is 61.4 cm³/mol. The van der Waals surface area contributed by atoms with Gasteiger partial charge in [0, 0.05) is 12.6 Å². The van der Waals surface area contributed by atoms with Gasteiger partial charge >= 0.3 is 0 Å². The number of hydrogen-bond acceptors (Lipinski definition) is 1. The van der Waals surface area contributed by atoms with E-state index in [1.54, 1.807) is 0 Å². The van der Waals surface area contributed by atoms with Crippen LogP contribution in [-0.4, -0.2) is 12.6 Å². The first kappa shape index (κ1) is 10.5. The van der Waals surface area contributed by atoms with Crippen molar-refractivity contribution in [2.45, 2.75) is 64.8 Å². The molecule has 1 N–H and O–H groups in total. The van der Waals surface area contributed by atoms with Gasteiger partial charge in [0.15, 0.2) is 0 Å². The molecule has 0 radical (unpaired) electrons. The van der Waals surface area contributed by atoms with Crippen LogP contribution in [0.5, 0.6) is 0 Å². The second-order valence-corrected chi connectivity index (χ2v) is 5.67. The first-order chi connectivity index (χ1) is 6.74. The predicted octanol–water partition coefficient (Wildman–Crippen LogP) is 3.34. The van der Waals surface area contributed by atoms with E-state index in [4.69, 9.17) is 0 Å². The first-order valence-electron chi connectivity index (χ1n) is 6.47. The third-order valence-electron chi connectivity index (χ3n) is 4.37. The van der Waals surface area contributed by atoms with E-state index in [1.165, 1.54) is 51.5 Å². The van der Waals surface area contributed by atoms with Gasteiger partial charge in [0.05, 0.1) is 0 Å². The van der Waals surface area contributed by atoms with Gasteiger partial charge in [0.1, 0.15) is 0 Å².